The first kappa shape index (κ1) is 24.2. The zero-order valence-electron chi connectivity index (χ0n) is 18.3. The average Bonchev–Trinajstić information content (AvgIpc) is 2.76. The van der Waals surface area contributed by atoms with Gasteiger partial charge in [0.2, 0.25) is 0 Å². The SMILES string of the molecule is COc1cc(C(=O)N(CCCCC(=O)O)CCCc2ccc(F)cc2)cc(OC)c1C. The lowest BCUT2D eigenvalue weighted by Gasteiger charge is -2.24. The maximum atomic E-state index is 13.3. The van der Waals surface area contributed by atoms with E-state index in [0.29, 0.717) is 55.8 Å². The zero-order valence-corrected chi connectivity index (χ0v) is 18.3. The van der Waals surface area contributed by atoms with Gasteiger partial charge in [-0.1, -0.05) is 12.1 Å². The molecule has 0 fully saturated rings. The molecule has 0 saturated heterocycles. The molecule has 2 rings (SSSR count). The molecule has 0 atom stereocenters. The van der Waals surface area contributed by atoms with E-state index in [1.165, 1.54) is 12.1 Å². The smallest absolute Gasteiger partial charge is 0.303 e. The van der Waals surface area contributed by atoms with Crippen LogP contribution in [-0.2, 0) is 11.2 Å². The van der Waals surface area contributed by atoms with E-state index in [1.54, 1.807) is 43.4 Å². The van der Waals surface area contributed by atoms with Gasteiger partial charge in [-0.2, -0.15) is 0 Å². The number of aryl methyl sites for hydroxylation is 1. The molecule has 0 heterocycles. The van der Waals surface area contributed by atoms with Gasteiger partial charge in [-0.3, -0.25) is 9.59 Å². The highest BCUT2D eigenvalue weighted by Crippen LogP contribution is 2.30. The van der Waals surface area contributed by atoms with Crippen molar-refractivity contribution in [3.63, 3.8) is 0 Å². The molecule has 0 aliphatic carbocycles. The van der Waals surface area contributed by atoms with E-state index in [1.807, 2.05) is 6.92 Å². The van der Waals surface area contributed by atoms with Crippen LogP contribution in [-0.4, -0.2) is 49.2 Å². The third-order valence-electron chi connectivity index (χ3n) is 5.16. The topological polar surface area (TPSA) is 76.1 Å². The Morgan fingerprint density at radius 1 is 0.968 bits per heavy atom. The Morgan fingerprint density at radius 2 is 1.55 bits per heavy atom. The number of carbonyl (C=O) groups is 2. The minimum Gasteiger partial charge on any atom is -0.496 e. The molecule has 2 aromatic carbocycles. The predicted octanol–water partition coefficient (Wildman–Crippen LogP) is 4.48. The highest BCUT2D eigenvalue weighted by Gasteiger charge is 2.19. The summed E-state index contributed by atoms with van der Waals surface area (Å²) in [6.45, 7) is 2.81. The van der Waals surface area contributed by atoms with E-state index in [2.05, 4.69) is 0 Å². The monoisotopic (exact) mass is 431 g/mol. The fourth-order valence-electron chi connectivity index (χ4n) is 3.41. The molecule has 6 nitrogen and oxygen atoms in total. The number of amides is 1. The first-order chi connectivity index (χ1) is 14.8. The van der Waals surface area contributed by atoms with Crippen LogP contribution >= 0.6 is 0 Å². The first-order valence-electron chi connectivity index (χ1n) is 10.3. The van der Waals surface area contributed by atoms with Crippen molar-refractivity contribution in [1.29, 1.82) is 0 Å². The molecule has 1 N–H and O–H groups in total. The molecule has 0 aromatic heterocycles. The van der Waals surface area contributed by atoms with Crippen LogP contribution in [0.15, 0.2) is 36.4 Å². The number of ether oxygens (including phenoxy) is 2. The Bertz CT molecular complexity index is 857. The quantitative estimate of drug-likeness (QED) is 0.502. The fraction of sp³-hybridized carbons (Fsp3) is 0.417. The Morgan fingerprint density at radius 3 is 2.10 bits per heavy atom. The normalized spacial score (nSPS) is 10.6. The Hall–Kier alpha value is -3.09. The van der Waals surface area contributed by atoms with Crippen molar-refractivity contribution in [2.45, 2.75) is 39.0 Å². The van der Waals surface area contributed by atoms with Crippen molar-refractivity contribution in [3.05, 3.63) is 58.9 Å². The fourth-order valence-corrected chi connectivity index (χ4v) is 3.41. The van der Waals surface area contributed by atoms with Crippen LogP contribution in [0.5, 0.6) is 11.5 Å². The number of carboxylic acids is 1. The summed E-state index contributed by atoms with van der Waals surface area (Å²) in [5, 5.41) is 8.86. The van der Waals surface area contributed by atoms with E-state index in [-0.39, 0.29) is 18.1 Å². The average molecular weight is 432 g/mol. The number of benzene rings is 2. The number of carbonyl (C=O) groups excluding carboxylic acids is 1. The van der Waals surface area contributed by atoms with Crippen LogP contribution in [0.25, 0.3) is 0 Å². The predicted molar refractivity (Wildman–Crippen MR) is 116 cm³/mol. The largest absolute Gasteiger partial charge is 0.496 e. The maximum absolute atomic E-state index is 13.3. The van der Waals surface area contributed by atoms with Gasteiger partial charge in [0.15, 0.2) is 0 Å². The molecule has 0 aliphatic rings. The molecule has 2 aromatic rings. The molecule has 0 unspecified atom stereocenters. The number of hydrogen-bond acceptors (Lipinski definition) is 4. The van der Waals surface area contributed by atoms with Gasteiger partial charge in [-0.25, -0.2) is 4.39 Å². The van der Waals surface area contributed by atoms with Crippen molar-refractivity contribution >= 4 is 11.9 Å². The van der Waals surface area contributed by atoms with Crippen molar-refractivity contribution in [1.82, 2.24) is 4.90 Å². The van der Waals surface area contributed by atoms with Gasteiger partial charge in [0.1, 0.15) is 17.3 Å². The second-order valence-corrected chi connectivity index (χ2v) is 7.38. The van der Waals surface area contributed by atoms with E-state index < -0.39 is 5.97 Å². The van der Waals surface area contributed by atoms with Gasteiger partial charge in [0, 0.05) is 30.6 Å². The summed E-state index contributed by atoms with van der Waals surface area (Å²) >= 11 is 0. The number of hydrogen-bond donors (Lipinski definition) is 1. The van der Waals surface area contributed by atoms with E-state index in [9.17, 15) is 14.0 Å². The lowest BCUT2D eigenvalue weighted by Crippen LogP contribution is -2.33. The molecule has 0 aliphatic heterocycles. The summed E-state index contributed by atoms with van der Waals surface area (Å²) in [7, 11) is 3.09. The molecule has 0 radical (unpaired) electrons. The van der Waals surface area contributed by atoms with Crippen LogP contribution in [0.3, 0.4) is 0 Å². The lowest BCUT2D eigenvalue weighted by atomic mass is 10.1. The Kier molecular flexibility index (Phi) is 9.31. The van der Waals surface area contributed by atoms with Gasteiger partial charge >= 0.3 is 5.97 Å². The van der Waals surface area contributed by atoms with Gasteiger partial charge in [-0.15, -0.1) is 0 Å². The summed E-state index contributed by atoms with van der Waals surface area (Å²) in [5.41, 5.74) is 2.27. The highest BCUT2D eigenvalue weighted by molar-refractivity contribution is 5.95. The van der Waals surface area contributed by atoms with Gasteiger partial charge in [0.25, 0.3) is 5.91 Å². The number of nitrogens with zero attached hydrogens (tertiary/aromatic N) is 1. The Balaban J connectivity index is 2.12. The molecule has 1 amide bonds. The van der Waals surface area contributed by atoms with Crippen LogP contribution in [0.4, 0.5) is 4.39 Å². The second-order valence-electron chi connectivity index (χ2n) is 7.38. The molecule has 0 bridgehead atoms. The van der Waals surface area contributed by atoms with Gasteiger partial charge in [0.05, 0.1) is 14.2 Å². The standard InChI is InChI=1S/C24H30FNO5/c1-17-21(30-2)15-19(16-22(17)31-3)24(29)26(13-5-4-8-23(27)28)14-6-7-18-9-11-20(25)12-10-18/h9-12,15-16H,4-8,13-14H2,1-3H3,(H,27,28). The molecular weight excluding hydrogens is 401 g/mol. The number of carboxylic acid groups (broad SMARTS) is 1. The highest BCUT2D eigenvalue weighted by atomic mass is 19.1. The second kappa shape index (κ2) is 11.9. The minimum absolute atomic E-state index is 0.0732. The summed E-state index contributed by atoms with van der Waals surface area (Å²) in [6.07, 6.45) is 2.58. The third kappa shape index (κ3) is 7.27. The maximum Gasteiger partial charge on any atom is 0.303 e. The lowest BCUT2D eigenvalue weighted by molar-refractivity contribution is -0.137. The van der Waals surface area contributed by atoms with Crippen LogP contribution < -0.4 is 9.47 Å². The van der Waals surface area contributed by atoms with Gasteiger partial charge < -0.3 is 19.5 Å². The number of aliphatic carboxylic acids is 1. The van der Waals surface area contributed by atoms with Crippen molar-refractivity contribution in [2.75, 3.05) is 27.3 Å². The first-order valence-corrected chi connectivity index (χ1v) is 10.3. The Labute approximate surface area is 182 Å². The van der Waals surface area contributed by atoms with Crippen LogP contribution in [0, 0.1) is 12.7 Å². The van der Waals surface area contributed by atoms with E-state index in [0.717, 1.165) is 11.1 Å². The number of unbranched alkanes of at least 4 members (excludes halogenated alkanes) is 1. The third-order valence-corrected chi connectivity index (χ3v) is 5.16. The van der Waals surface area contributed by atoms with Crippen LogP contribution in [0.2, 0.25) is 0 Å². The van der Waals surface area contributed by atoms with Gasteiger partial charge in [-0.05, 0) is 62.4 Å². The van der Waals surface area contributed by atoms with Crippen molar-refractivity contribution in [2.24, 2.45) is 0 Å². The summed E-state index contributed by atoms with van der Waals surface area (Å²) in [6, 6.07) is 9.73. The number of methoxy groups -OCH3 is 2. The molecule has 0 spiro atoms. The van der Waals surface area contributed by atoms with E-state index in [4.69, 9.17) is 14.6 Å². The summed E-state index contributed by atoms with van der Waals surface area (Å²) in [4.78, 5) is 25.8. The molecule has 0 saturated carbocycles. The molecule has 168 valence electrons. The molecule has 31 heavy (non-hydrogen) atoms. The number of halogens is 1. The number of rotatable bonds is 12. The molecular formula is C24H30FNO5. The van der Waals surface area contributed by atoms with Crippen LogP contribution in [0.1, 0.15) is 47.2 Å². The van der Waals surface area contributed by atoms with E-state index >= 15 is 0 Å². The van der Waals surface area contributed by atoms with Crippen molar-refractivity contribution in [3.8, 4) is 11.5 Å². The summed E-state index contributed by atoms with van der Waals surface area (Å²) < 4.78 is 23.9. The summed E-state index contributed by atoms with van der Waals surface area (Å²) in [5.74, 6) is -0.144. The van der Waals surface area contributed by atoms with Crippen molar-refractivity contribution < 1.29 is 28.6 Å². The zero-order chi connectivity index (χ0) is 22.8. The molecule has 7 heteroatoms. The minimum atomic E-state index is -0.845.